The Hall–Kier alpha value is -3.95. The molecule has 2 amide bonds. The minimum atomic E-state index is -0.706. The van der Waals surface area contributed by atoms with Crippen LogP contribution in [0.25, 0.3) is 0 Å². The summed E-state index contributed by atoms with van der Waals surface area (Å²) in [5.74, 6) is 0.347. The largest absolute Gasteiger partial charge is 0.493 e. The topological polar surface area (TPSA) is 121 Å². The highest BCUT2D eigenvalue weighted by Gasteiger charge is 2.21. The van der Waals surface area contributed by atoms with Crippen molar-refractivity contribution in [1.82, 2.24) is 10.6 Å². The Morgan fingerprint density at radius 2 is 1.36 bits per heavy atom. The van der Waals surface area contributed by atoms with Crippen molar-refractivity contribution in [2.45, 2.75) is 12.5 Å². The van der Waals surface area contributed by atoms with Crippen molar-refractivity contribution in [1.29, 1.82) is 0 Å². The van der Waals surface area contributed by atoms with Gasteiger partial charge in [-0.1, -0.05) is 6.07 Å². The van der Waals surface area contributed by atoms with E-state index in [2.05, 4.69) is 10.6 Å². The zero-order chi connectivity index (χ0) is 24.4. The standard InChI is InChI=1S/C23H28N2O8/c1-29-17-8-6-14(10-19(17)31-3)16(12-22(27)33-5)25-21(26)13-24-23(28)15-7-9-18(30-2)20(11-15)32-4/h6-11,16H,12-13H2,1-5H3,(H,24,28)(H,25,26). The van der Waals surface area contributed by atoms with E-state index < -0.39 is 23.8 Å². The summed E-state index contributed by atoms with van der Waals surface area (Å²) < 4.78 is 25.6. The van der Waals surface area contributed by atoms with E-state index in [0.29, 0.717) is 34.1 Å². The molecule has 2 aromatic carbocycles. The number of hydrogen-bond acceptors (Lipinski definition) is 8. The SMILES string of the molecule is COC(=O)CC(NC(=O)CNC(=O)c1ccc(OC)c(OC)c1)c1ccc(OC)c(OC)c1. The zero-order valence-corrected chi connectivity index (χ0v) is 19.2. The summed E-state index contributed by atoms with van der Waals surface area (Å²) in [7, 11) is 7.21. The van der Waals surface area contributed by atoms with Crippen LogP contribution in [0.2, 0.25) is 0 Å². The van der Waals surface area contributed by atoms with Crippen molar-refractivity contribution < 1.29 is 38.1 Å². The number of nitrogens with one attached hydrogen (secondary N) is 2. The van der Waals surface area contributed by atoms with Crippen LogP contribution in [0.15, 0.2) is 36.4 Å². The van der Waals surface area contributed by atoms with Gasteiger partial charge in [0, 0.05) is 5.56 Å². The van der Waals surface area contributed by atoms with E-state index in [1.54, 1.807) is 30.3 Å². The minimum Gasteiger partial charge on any atom is -0.493 e. The predicted molar refractivity (Wildman–Crippen MR) is 119 cm³/mol. The van der Waals surface area contributed by atoms with Gasteiger partial charge in [-0.15, -0.1) is 0 Å². The molecule has 178 valence electrons. The molecular weight excluding hydrogens is 432 g/mol. The minimum absolute atomic E-state index is 0.110. The number of carbonyl (C=O) groups is 3. The first-order chi connectivity index (χ1) is 15.9. The number of amides is 2. The lowest BCUT2D eigenvalue weighted by molar-refractivity contribution is -0.141. The molecule has 33 heavy (non-hydrogen) atoms. The van der Waals surface area contributed by atoms with Crippen molar-refractivity contribution in [2.75, 3.05) is 42.1 Å². The summed E-state index contributed by atoms with van der Waals surface area (Å²) in [5.41, 5.74) is 0.907. The van der Waals surface area contributed by atoms with Gasteiger partial charge in [0.25, 0.3) is 5.91 Å². The molecule has 0 aliphatic heterocycles. The average molecular weight is 460 g/mol. The van der Waals surface area contributed by atoms with Crippen LogP contribution in [0.3, 0.4) is 0 Å². The lowest BCUT2D eigenvalue weighted by Gasteiger charge is -2.20. The molecule has 0 spiro atoms. The third-order valence-corrected chi connectivity index (χ3v) is 4.80. The number of carbonyl (C=O) groups excluding carboxylic acids is 3. The van der Waals surface area contributed by atoms with E-state index in [1.807, 2.05) is 0 Å². The van der Waals surface area contributed by atoms with Gasteiger partial charge >= 0.3 is 5.97 Å². The van der Waals surface area contributed by atoms with Gasteiger partial charge in [0.05, 0.1) is 54.6 Å². The zero-order valence-electron chi connectivity index (χ0n) is 19.2. The maximum Gasteiger partial charge on any atom is 0.307 e. The van der Waals surface area contributed by atoms with E-state index >= 15 is 0 Å². The first-order valence-electron chi connectivity index (χ1n) is 9.95. The van der Waals surface area contributed by atoms with Crippen LogP contribution in [-0.2, 0) is 14.3 Å². The van der Waals surface area contributed by atoms with Crippen LogP contribution in [0, 0.1) is 0 Å². The van der Waals surface area contributed by atoms with Gasteiger partial charge in [-0.3, -0.25) is 14.4 Å². The van der Waals surface area contributed by atoms with Crippen LogP contribution in [0.1, 0.15) is 28.4 Å². The Morgan fingerprint density at radius 1 is 0.788 bits per heavy atom. The molecule has 0 fully saturated rings. The molecule has 0 saturated carbocycles. The summed E-state index contributed by atoms with van der Waals surface area (Å²) >= 11 is 0. The molecule has 0 heterocycles. The molecule has 0 bridgehead atoms. The molecule has 0 aliphatic rings. The summed E-state index contributed by atoms with van der Waals surface area (Å²) in [4.78, 5) is 36.9. The maximum atomic E-state index is 12.6. The normalized spacial score (nSPS) is 11.1. The second-order valence-electron chi connectivity index (χ2n) is 6.77. The number of methoxy groups -OCH3 is 5. The van der Waals surface area contributed by atoms with Gasteiger partial charge in [-0.2, -0.15) is 0 Å². The number of benzene rings is 2. The van der Waals surface area contributed by atoms with E-state index in [9.17, 15) is 14.4 Å². The number of rotatable bonds is 11. The fourth-order valence-corrected chi connectivity index (χ4v) is 3.06. The summed E-state index contributed by atoms with van der Waals surface area (Å²) in [6.07, 6.45) is -0.110. The second-order valence-corrected chi connectivity index (χ2v) is 6.77. The second kappa shape index (κ2) is 12.2. The molecule has 0 aromatic heterocycles. The Morgan fingerprint density at radius 3 is 1.94 bits per heavy atom. The van der Waals surface area contributed by atoms with Gasteiger partial charge in [0.15, 0.2) is 23.0 Å². The lowest BCUT2D eigenvalue weighted by atomic mass is 10.0. The van der Waals surface area contributed by atoms with Crippen LogP contribution in [0.4, 0.5) is 0 Å². The van der Waals surface area contributed by atoms with E-state index in [4.69, 9.17) is 23.7 Å². The van der Waals surface area contributed by atoms with Crippen LogP contribution >= 0.6 is 0 Å². The number of hydrogen-bond donors (Lipinski definition) is 2. The molecule has 2 rings (SSSR count). The highest BCUT2D eigenvalue weighted by Crippen LogP contribution is 2.31. The smallest absolute Gasteiger partial charge is 0.307 e. The molecule has 10 heteroatoms. The molecule has 2 aromatic rings. The molecule has 10 nitrogen and oxygen atoms in total. The Labute approximate surface area is 192 Å². The van der Waals surface area contributed by atoms with Gasteiger partial charge in [-0.05, 0) is 35.9 Å². The lowest BCUT2D eigenvalue weighted by Crippen LogP contribution is -2.39. The van der Waals surface area contributed by atoms with Crippen LogP contribution < -0.4 is 29.6 Å². The van der Waals surface area contributed by atoms with Gasteiger partial charge < -0.3 is 34.3 Å². The van der Waals surface area contributed by atoms with Crippen LogP contribution in [0.5, 0.6) is 23.0 Å². The van der Waals surface area contributed by atoms with Crippen molar-refractivity contribution in [3.05, 3.63) is 47.5 Å². The van der Waals surface area contributed by atoms with Gasteiger partial charge in [-0.25, -0.2) is 0 Å². The number of ether oxygens (including phenoxy) is 5. The molecule has 1 atom stereocenters. The van der Waals surface area contributed by atoms with E-state index in [0.717, 1.165) is 0 Å². The fraction of sp³-hybridized carbons (Fsp3) is 0.348. The van der Waals surface area contributed by atoms with Gasteiger partial charge in [0.1, 0.15) is 0 Å². The molecule has 0 saturated heterocycles. The quantitative estimate of drug-likeness (QED) is 0.488. The third kappa shape index (κ3) is 6.76. The fourth-order valence-electron chi connectivity index (χ4n) is 3.06. The van der Waals surface area contributed by atoms with Crippen molar-refractivity contribution in [3.63, 3.8) is 0 Å². The van der Waals surface area contributed by atoms with Crippen molar-refractivity contribution in [3.8, 4) is 23.0 Å². The average Bonchev–Trinajstić information content (AvgIpc) is 2.85. The molecule has 2 N–H and O–H groups in total. The molecule has 0 radical (unpaired) electrons. The van der Waals surface area contributed by atoms with Crippen molar-refractivity contribution >= 4 is 17.8 Å². The maximum absolute atomic E-state index is 12.6. The Kier molecular flexibility index (Phi) is 9.34. The Bertz CT molecular complexity index is 992. The first kappa shape index (κ1) is 25.3. The van der Waals surface area contributed by atoms with E-state index in [-0.39, 0.29) is 13.0 Å². The predicted octanol–water partition coefficient (Wildman–Crippen LogP) is 1.87. The van der Waals surface area contributed by atoms with Crippen LogP contribution in [-0.4, -0.2) is 59.9 Å². The third-order valence-electron chi connectivity index (χ3n) is 4.80. The summed E-state index contributed by atoms with van der Waals surface area (Å²) in [6, 6.07) is 8.99. The summed E-state index contributed by atoms with van der Waals surface area (Å²) in [6.45, 7) is -0.307. The highest BCUT2D eigenvalue weighted by atomic mass is 16.5. The Balaban J connectivity index is 2.10. The van der Waals surface area contributed by atoms with Gasteiger partial charge in [0.2, 0.25) is 5.91 Å². The highest BCUT2D eigenvalue weighted by molar-refractivity contribution is 5.97. The first-order valence-corrected chi connectivity index (χ1v) is 9.95. The summed E-state index contributed by atoms with van der Waals surface area (Å²) in [5, 5.41) is 5.28. The number of esters is 1. The molecule has 0 aliphatic carbocycles. The monoisotopic (exact) mass is 460 g/mol. The molecular formula is C23H28N2O8. The van der Waals surface area contributed by atoms with E-state index in [1.165, 1.54) is 41.6 Å². The molecule has 1 unspecified atom stereocenters. The van der Waals surface area contributed by atoms with Crippen molar-refractivity contribution in [2.24, 2.45) is 0 Å².